The van der Waals surface area contributed by atoms with Crippen molar-refractivity contribution in [1.29, 1.82) is 0 Å². The van der Waals surface area contributed by atoms with Crippen LogP contribution in [-0.4, -0.2) is 42.1 Å². The topological polar surface area (TPSA) is 78.5 Å². The lowest BCUT2D eigenvalue weighted by atomic mass is 10.1. The maximum absolute atomic E-state index is 13.6. The fourth-order valence-corrected chi connectivity index (χ4v) is 2.44. The number of rotatable bonds is 7. The Bertz CT molecular complexity index is 950. The Morgan fingerprint density at radius 3 is 2.38 bits per heavy atom. The van der Waals surface area contributed by atoms with Crippen molar-refractivity contribution in [3.63, 3.8) is 0 Å². The number of likely N-dealkylation sites (N-methyl/N-ethyl adjacent to an activating group) is 1. The molecule has 0 bridgehead atoms. The van der Waals surface area contributed by atoms with E-state index < -0.39 is 41.0 Å². The molecule has 6 nitrogen and oxygen atoms in total. The minimum Gasteiger partial charge on any atom is -0.325 e. The molecule has 2 aromatic carbocycles. The van der Waals surface area contributed by atoms with E-state index >= 15 is 0 Å². The van der Waals surface area contributed by atoms with Crippen LogP contribution in [0.5, 0.6) is 0 Å². The number of benzene rings is 2. The number of amides is 2. The molecular weight excluding hydrogens is 387 g/mol. The molecule has 0 fully saturated rings. The number of hydrogen-bond donors (Lipinski definition) is 2. The van der Waals surface area contributed by atoms with Crippen LogP contribution in [-0.2, 0) is 9.59 Å². The molecule has 2 rings (SSSR count). The van der Waals surface area contributed by atoms with Crippen molar-refractivity contribution in [3.05, 3.63) is 59.4 Å². The minimum absolute atomic E-state index is 0.146. The molecule has 9 heteroatoms. The highest BCUT2D eigenvalue weighted by atomic mass is 19.2. The first kappa shape index (κ1) is 22.1. The Labute approximate surface area is 165 Å². The average Bonchev–Trinajstić information content (AvgIpc) is 2.67. The van der Waals surface area contributed by atoms with E-state index in [4.69, 9.17) is 0 Å². The second-order valence-corrected chi connectivity index (χ2v) is 6.49. The zero-order chi connectivity index (χ0) is 21.7. The summed E-state index contributed by atoms with van der Waals surface area (Å²) in [4.78, 5) is 37.3. The smallest absolute Gasteiger partial charge is 0.241 e. The van der Waals surface area contributed by atoms with Crippen molar-refractivity contribution in [3.8, 4) is 0 Å². The molecule has 0 saturated carbocycles. The summed E-state index contributed by atoms with van der Waals surface area (Å²) in [5.74, 6) is -5.84. The molecule has 0 aromatic heterocycles. The summed E-state index contributed by atoms with van der Waals surface area (Å²) in [6.45, 7) is 2.65. The predicted molar refractivity (Wildman–Crippen MR) is 102 cm³/mol. The summed E-state index contributed by atoms with van der Waals surface area (Å²) in [7, 11) is 1.50. The molecule has 2 amide bonds. The zero-order valence-electron chi connectivity index (χ0n) is 16.1. The number of halogens is 3. The fraction of sp³-hybridized carbons (Fsp3) is 0.250. The van der Waals surface area contributed by atoms with Crippen molar-refractivity contribution in [2.24, 2.45) is 0 Å². The monoisotopic (exact) mass is 407 g/mol. The Balaban J connectivity index is 1.97. The number of Topliss-reactive ketones (excluding diaryl/α,β-unsaturated/α-hetero) is 1. The van der Waals surface area contributed by atoms with Crippen molar-refractivity contribution in [1.82, 2.24) is 4.90 Å². The molecule has 154 valence electrons. The van der Waals surface area contributed by atoms with Crippen LogP contribution in [0.15, 0.2) is 36.4 Å². The van der Waals surface area contributed by atoms with Gasteiger partial charge in [0.1, 0.15) is 0 Å². The molecule has 0 saturated heterocycles. The second-order valence-electron chi connectivity index (χ2n) is 6.49. The van der Waals surface area contributed by atoms with Gasteiger partial charge in [0.25, 0.3) is 0 Å². The summed E-state index contributed by atoms with van der Waals surface area (Å²) in [5, 5.41) is 4.79. The van der Waals surface area contributed by atoms with Gasteiger partial charge in [0.2, 0.25) is 11.8 Å². The lowest BCUT2D eigenvalue weighted by molar-refractivity contribution is -0.122. The van der Waals surface area contributed by atoms with E-state index in [0.717, 1.165) is 6.07 Å². The number of anilines is 2. The predicted octanol–water partition coefficient (Wildman–Crippen LogP) is 3.20. The quantitative estimate of drug-likeness (QED) is 0.546. The van der Waals surface area contributed by atoms with E-state index in [1.807, 2.05) is 0 Å². The van der Waals surface area contributed by atoms with E-state index in [-0.39, 0.29) is 12.3 Å². The number of nitrogens with zero attached hydrogens (tertiary/aromatic N) is 1. The maximum Gasteiger partial charge on any atom is 0.241 e. The van der Waals surface area contributed by atoms with Gasteiger partial charge in [-0.2, -0.15) is 0 Å². The number of carbonyl (C=O) groups excluding carboxylic acids is 3. The third-order valence-electron chi connectivity index (χ3n) is 4.28. The average molecular weight is 407 g/mol. The lowest BCUT2D eigenvalue weighted by Gasteiger charge is -2.23. The van der Waals surface area contributed by atoms with E-state index in [2.05, 4.69) is 10.6 Å². The molecule has 0 radical (unpaired) electrons. The van der Waals surface area contributed by atoms with Gasteiger partial charge in [-0.25, -0.2) is 13.2 Å². The number of nitrogens with one attached hydrogen (secondary N) is 2. The Morgan fingerprint density at radius 1 is 1.03 bits per heavy atom. The summed E-state index contributed by atoms with van der Waals surface area (Å²) >= 11 is 0. The molecule has 0 spiro atoms. The normalized spacial score (nSPS) is 11.8. The Hall–Kier alpha value is -3.20. The number of hydrogen-bond acceptors (Lipinski definition) is 4. The first-order valence-electron chi connectivity index (χ1n) is 8.65. The van der Waals surface area contributed by atoms with Gasteiger partial charge in [0.05, 0.1) is 18.3 Å². The van der Waals surface area contributed by atoms with Gasteiger partial charge in [-0.15, -0.1) is 0 Å². The van der Waals surface area contributed by atoms with Crippen LogP contribution >= 0.6 is 0 Å². The van der Waals surface area contributed by atoms with Gasteiger partial charge in [-0.3, -0.25) is 19.3 Å². The van der Waals surface area contributed by atoms with Crippen LogP contribution in [0.4, 0.5) is 24.5 Å². The van der Waals surface area contributed by atoms with E-state index in [0.29, 0.717) is 17.3 Å². The van der Waals surface area contributed by atoms with Crippen LogP contribution in [0.2, 0.25) is 0 Å². The Morgan fingerprint density at radius 2 is 1.72 bits per heavy atom. The maximum atomic E-state index is 13.6. The van der Waals surface area contributed by atoms with Gasteiger partial charge >= 0.3 is 0 Å². The first-order chi connectivity index (χ1) is 13.6. The summed E-state index contributed by atoms with van der Waals surface area (Å²) < 4.78 is 39.8. The summed E-state index contributed by atoms with van der Waals surface area (Å²) in [6.07, 6.45) is 0. The molecule has 2 aromatic rings. The molecule has 0 aliphatic rings. The largest absolute Gasteiger partial charge is 0.325 e. The Kier molecular flexibility index (Phi) is 7.11. The highest BCUT2D eigenvalue weighted by molar-refractivity contribution is 5.99. The molecule has 1 atom stereocenters. The van der Waals surface area contributed by atoms with Crippen LogP contribution in [0.1, 0.15) is 24.2 Å². The summed E-state index contributed by atoms with van der Waals surface area (Å²) in [6, 6.07) is 7.25. The molecule has 0 heterocycles. The van der Waals surface area contributed by atoms with Crippen LogP contribution in [0.3, 0.4) is 0 Å². The second kappa shape index (κ2) is 9.33. The van der Waals surface area contributed by atoms with Crippen molar-refractivity contribution in [2.75, 3.05) is 24.2 Å². The van der Waals surface area contributed by atoms with Crippen molar-refractivity contribution < 1.29 is 27.6 Å². The molecular formula is C20H20F3N3O3. The zero-order valence-corrected chi connectivity index (χ0v) is 16.1. The molecule has 2 N–H and O–H groups in total. The van der Waals surface area contributed by atoms with Gasteiger partial charge in [0, 0.05) is 11.3 Å². The standard InChI is InChI=1S/C20H20F3N3O3/c1-11(20(29)24-14-6-4-5-13(9-14)12(2)27)26(3)10-17(28)25-16-8-7-15(21)18(22)19(16)23/h4-9,11H,10H2,1-3H3,(H,24,29)(H,25,28)/t11-/m0/s1. The number of ketones is 1. The van der Waals surface area contributed by atoms with Crippen LogP contribution < -0.4 is 10.6 Å². The van der Waals surface area contributed by atoms with Crippen molar-refractivity contribution >= 4 is 29.0 Å². The molecule has 0 aliphatic heterocycles. The highest BCUT2D eigenvalue weighted by Gasteiger charge is 2.22. The van der Waals surface area contributed by atoms with Gasteiger partial charge < -0.3 is 10.6 Å². The van der Waals surface area contributed by atoms with Crippen LogP contribution in [0.25, 0.3) is 0 Å². The van der Waals surface area contributed by atoms with Gasteiger partial charge in [0.15, 0.2) is 23.2 Å². The molecule has 29 heavy (non-hydrogen) atoms. The SMILES string of the molecule is CC(=O)c1cccc(NC(=O)[C@H](C)N(C)CC(=O)Nc2ccc(F)c(F)c2F)c1. The third-order valence-corrected chi connectivity index (χ3v) is 4.28. The van der Waals surface area contributed by atoms with E-state index in [1.165, 1.54) is 24.9 Å². The number of carbonyl (C=O) groups is 3. The fourth-order valence-electron chi connectivity index (χ4n) is 2.44. The van der Waals surface area contributed by atoms with E-state index in [9.17, 15) is 27.6 Å². The van der Waals surface area contributed by atoms with Crippen LogP contribution in [0, 0.1) is 17.5 Å². The van der Waals surface area contributed by atoms with E-state index in [1.54, 1.807) is 25.1 Å². The first-order valence-corrected chi connectivity index (χ1v) is 8.65. The molecule has 0 unspecified atom stereocenters. The third kappa shape index (κ3) is 5.64. The lowest BCUT2D eigenvalue weighted by Crippen LogP contribution is -2.43. The molecule has 0 aliphatic carbocycles. The highest BCUT2D eigenvalue weighted by Crippen LogP contribution is 2.19. The van der Waals surface area contributed by atoms with Gasteiger partial charge in [-0.1, -0.05) is 12.1 Å². The minimum atomic E-state index is -1.68. The van der Waals surface area contributed by atoms with Crippen molar-refractivity contribution in [2.45, 2.75) is 19.9 Å². The van der Waals surface area contributed by atoms with Gasteiger partial charge in [-0.05, 0) is 45.2 Å². The summed E-state index contributed by atoms with van der Waals surface area (Å²) in [5.41, 5.74) is 0.369.